The molecule has 2 aromatic carbocycles. The van der Waals surface area contributed by atoms with Crippen molar-refractivity contribution in [2.45, 2.75) is 30.7 Å². The normalized spacial score (nSPS) is 12.1. The minimum Gasteiger partial charge on any atom is -0.393 e. The largest absolute Gasteiger partial charge is 0.393 e. The van der Waals surface area contributed by atoms with E-state index in [1.54, 1.807) is 45.2 Å². The number of benzene rings is 2. The molecule has 0 unspecified atom stereocenters. The molecule has 27 heavy (non-hydrogen) atoms. The van der Waals surface area contributed by atoms with Crippen molar-refractivity contribution >= 4 is 15.7 Å². The van der Waals surface area contributed by atoms with Crippen molar-refractivity contribution in [1.82, 2.24) is 10.6 Å². The summed E-state index contributed by atoms with van der Waals surface area (Å²) in [6, 6.07) is 12.2. The van der Waals surface area contributed by atoms with E-state index < -0.39 is 15.3 Å². The van der Waals surface area contributed by atoms with Crippen LogP contribution in [0.4, 0.5) is 4.39 Å². The molecule has 0 fully saturated rings. The van der Waals surface area contributed by atoms with Crippen LogP contribution in [0.5, 0.6) is 0 Å². The van der Waals surface area contributed by atoms with Crippen LogP contribution in [-0.4, -0.2) is 21.4 Å². The highest BCUT2D eigenvalue weighted by atomic mass is 32.2. The fraction of sp³-hybridized carbons (Fsp3) is 0.250. The first-order valence-electron chi connectivity index (χ1n) is 8.39. The molecule has 0 aliphatic heterocycles. The highest BCUT2D eigenvalue weighted by Gasteiger charge is 2.29. The van der Waals surface area contributed by atoms with Crippen molar-refractivity contribution in [3.8, 4) is 0 Å². The number of amides is 1. The second kappa shape index (κ2) is 8.35. The van der Waals surface area contributed by atoms with Gasteiger partial charge in [-0.2, -0.15) is 0 Å². The minimum atomic E-state index is -3.53. The van der Waals surface area contributed by atoms with Crippen LogP contribution in [0.3, 0.4) is 0 Å². The van der Waals surface area contributed by atoms with Crippen LogP contribution in [0.15, 0.2) is 65.0 Å². The molecule has 0 saturated heterocycles. The molecule has 2 rings (SSSR count). The van der Waals surface area contributed by atoms with Crippen LogP contribution in [0.1, 0.15) is 25.0 Å². The molecule has 0 aromatic heterocycles. The van der Waals surface area contributed by atoms with Gasteiger partial charge in [0.1, 0.15) is 5.82 Å². The van der Waals surface area contributed by atoms with Crippen molar-refractivity contribution in [3.05, 3.63) is 77.1 Å². The van der Waals surface area contributed by atoms with E-state index in [0.29, 0.717) is 5.56 Å². The first kappa shape index (κ1) is 20.6. The lowest BCUT2D eigenvalue weighted by Gasteiger charge is -2.24. The van der Waals surface area contributed by atoms with Gasteiger partial charge < -0.3 is 10.6 Å². The van der Waals surface area contributed by atoms with Gasteiger partial charge in [0.15, 0.2) is 0 Å². The molecular weight excluding hydrogens is 367 g/mol. The Bertz CT molecular complexity index is 919. The molecule has 0 aliphatic carbocycles. The summed E-state index contributed by atoms with van der Waals surface area (Å²) in [5.41, 5.74) is 0.623. The number of carbonyl (C=O) groups is 1. The molecule has 144 valence electrons. The van der Waals surface area contributed by atoms with Gasteiger partial charge in [-0.3, -0.25) is 4.79 Å². The van der Waals surface area contributed by atoms with E-state index in [9.17, 15) is 17.6 Å². The number of halogens is 1. The minimum absolute atomic E-state index is 0.153. The monoisotopic (exact) mass is 390 g/mol. The molecule has 1 amide bonds. The fourth-order valence-corrected chi connectivity index (χ4v) is 3.42. The van der Waals surface area contributed by atoms with Crippen molar-refractivity contribution in [2.75, 3.05) is 7.05 Å². The van der Waals surface area contributed by atoms with Crippen LogP contribution in [0.2, 0.25) is 0 Å². The average Bonchev–Trinajstić information content (AvgIpc) is 2.65. The molecule has 7 heteroatoms. The molecule has 0 atom stereocenters. The maximum absolute atomic E-state index is 12.9. The summed E-state index contributed by atoms with van der Waals surface area (Å²) in [6.45, 7) is 3.80. The number of hydrogen-bond acceptors (Lipinski definition) is 4. The first-order chi connectivity index (χ1) is 12.7. The fourth-order valence-electron chi connectivity index (χ4n) is 2.43. The third kappa shape index (κ3) is 5.17. The molecule has 0 heterocycles. The van der Waals surface area contributed by atoms with Crippen LogP contribution >= 0.6 is 0 Å². The molecule has 2 aromatic rings. The topological polar surface area (TPSA) is 75.3 Å². The summed E-state index contributed by atoms with van der Waals surface area (Å²) in [4.78, 5) is 12.8. The molecular formula is C20H23FN2O3S. The van der Waals surface area contributed by atoms with Crippen LogP contribution in [0.25, 0.3) is 0 Å². The second-order valence-corrected chi connectivity index (χ2v) is 8.43. The predicted octanol–water partition coefficient (Wildman–Crippen LogP) is 2.88. The summed E-state index contributed by atoms with van der Waals surface area (Å²) in [6.07, 6.45) is 1.34. The highest BCUT2D eigenvalue weighted by molar-refractivity contribution is 7.94. The molecule has 0 aliphatic rings. The Morgan fingerprint density at radius 2 is 1.67 bits per heavy atom. The molecule has 0 spiro atoms. The van der Waals surface area contributed by atoms with E-state index in [-0.39, 0.29) is 23.2 Å². The zero-order valence-electron chi connectivity index (χ0n) is 15.5. The third-order valence-electron chi connectivity index (χ3n) is 4.25. The number of rotatable bonds is 7. The SMILES string of the molecule is CN/C=C/S(=O)(=O)c1ccc(C(C)(C)C(=O)NCc2ccc(F)cc2)cc1. The Morgan fingerprint density at radius 1 is 1.07 bits per heavy atom. The summed E-state index contributed by atoms with van der Waals surface area (Å²) in [5.74, 6) is -0.539. The Morgan fingerprint density at radius 3 is 2.22 bits per heavy atom. The average molecular weight is 390 g/mol. The number of carbonyl (C=O) groups excluding carboxylic acids is 1. The lowest BCUT2D eigenvalue weighted by molar-refractivity contribution is -0.125. The van der Waals surface area contributed by atoms with E-state index in [2.05, 4.69) is 10.6 Å². The van der Waals surface area contributed by atoms with Gasteiger partial charge in [0, 0.05) is 19.8 Å². The zero-order chi connectivity index (χ0) is 20.1. The van der Waals surface area contributed by atoms with E-state index in [0.717, 1.165) is 11.0 Å². The van der Waals surface area contributed by atoms with Gasteiger partial charge in [-0.15, -0.1) is 0 Å². The maximum atomic E-state index is 12.9. The molecule has 0 saturated carbocycles. The van der Waals surface area contributed by atoms with Gasteiger partial charge in [-0.05, 0) is 49.2 Å². The van der Waals surface area contributed by atoms with Gasteiger partial charge in [-0.25, -0.2) is 12.8 Å². The Labute approximate surface area is 159 Å². The van der Waals surface area contributed by atoms with Crippen LogP contribution in [0, 0.1) is 5.82 Å². The summed E-state index contributed by atoms with van der Waals surface area (Å²) in [5, 5.41) is 6.56. The van der Waals surface area contributed by atoms with Crippen LogP contribution < -0.4 is 10.6 Å². The van der Waals surface area contributed by atoms with Crippen molar-refractivity contribution < 1.29 is 17.6 Å². The molecule has 5 nitrogen and oxygen atoms in total. The van der Waals surface area contributed by atoms with Crippen LogP contribution in [-0.2, 0) is 26.6 Å². The van der Waals surface area contributed by atoms with Crippen molar-refractivity contribution in [2.24, 2.45) is 0 Å². The summed E-state index contributed by atoms with van der Waals surface area (Å²) in [7, 11) is -1.92. The number of sulfone groups is 1. The highest BCUT2D eigenvalue weighted by Crippen LogP contribution is 2.25. The van der Waals surface area contributed by atoms with E-state index in [1.165, 1.54) is 30.5 Å². The van der Waals surface area contributed by atoms with Gasteiger partial charge in [0.05, 0.1) is 15.7 Å². The quantitative estimate of drug-likeness (QED) is 0.762. The van der Waals surface area contributed by atoms with Gasteiger partial charge in [0.2, 0.25) is 15.7 Å². The third-order valence-corrected chi connectivity index (χ3v) is 5.68. The lowest BCUT2D eigenvalue weighted by atomic mass is 9.83. The Kier molecular flexibility index (Phi) is 6.38. The number of hydrogen-bond donors (Lipinski definition) is 2. The van der Waals surface area contributed by atoms with E-state index in [1.807, 2.05) is 0 Å². The molecule has 2 N–H and O–H groups in total. The first-order valence-corrected chi connectivity index (χ1v) is 9.93. The van der Waals surface area contributed by atoms with Crippen molar-refractivity contribution in [3.63, 3.8) is 0 Å². The molecule has 0 radical (unpaired) electrons. The number of nitrogens with one attached hydrogen (secondary N) is 2. The smallest absolute Gasteiger partial charge is 0.230 e. The second-order valence-electron chi connectivity index (χ2n) is 6.59. The summed E-state index contributed by atoms with van der Waals surface area (Å²) >= 11 is 0. The Hall–Kier alpha value is -2.67. The van der Waals surface area contributed by atoms with E-state index >= 15 is 0 Å². The van der Waals surface area contributed by atoms with Crippen molar-refractivity contribution in [1.29, 1.82) is 0 Å². The zero-order valence-corrected chi connectivity index (χ0v) is 16.3. The lowest BCUT2D eigenvalue weighted by Crippen LogP contribution is -2.39. The van der Waals surface area contributed by atoms with E-state index in [4.69, 9.17) is 0 Å². The predicted molar refractivity (Wildman–Crippen MR) is 103 cm³/mol. The molecule has 0 bridgehead atoms. The maximum Gasteiger partial charge on any atom is 0.230 e. The van der Waals surface area contributed by atoms with Gasteiger partial charge >= 0.3 is 0 Å². The van der Waals surface area contributed by atoms with Gasteiger partial charge in [0.25, 0.3) is 0 Å². The van der Waals surface area contributed by atoms with Gasteiger partial charge in [-0.1, -0.05) is 24.3 Å². The standard InChI is InChI=1S/C20H23FN2O3S/c1-20(2,19(24)23-14-15-4-8-17(21)9-5-15)16-6-10-18(11-7-16)27(25,26)13-12-22-3/h4-13,22H,14H2,1-3H3,(H,23,24)/b13-12+. The Balaban J connectivity index is 2.11. The summed E-state index contributed by atoms with van der Waals surface area (Å²) < 4.78 is 37.2.